The quantitative estimate of drug-likeness (QED) is 0.398. The molecule has 0 heterocycles. The largest absolute Gasteiger partial charge is 0.103 e. The molecular formula is C11H18. The maximum absolute atomic E-state index is 3.82. The lowest BCUT2D eigenvalue weighted by molar-refractivity contribution is 0.867. The van der Waals surface area contributed by atoms with Gasteiger partial charge in [0.25, 0.3) is 0 Å². The van der Waals surface area contributed by atoms with E-state index in [9.17, 15) is 0 Å². The first-order valence-corrected chi connectivity index (χ1v) is 4.17. The van der Waals surface area contributed by atoms with Gasteiger partial charge in [0.1, 0.15) is 0 Å². The second kappa shape index (κ2) is 7.33. The van der Waals surface area contributed by atoms with Crippen LogP contribution in [-0.4, -0.2) is 0 Å². The second-order valence-electron chi connectivity index (χ2n) is 2.85. The van der Waals surface area contributed by atoms with Gasteiger partial charge in [0.05, 0.1) is 0 Å². The van der Waals surface area contributed by atoms with Crippen molar-refractivity contribution in [3.8, 4) is 0 Å². The Morgan fingerprint density at radius 2 is 2.00 bits per heavy atom. The Kier molecular flexibility index (Phi) is 6.81. The topological polar surface area (TPSA) is 0 Å². The maximum Gasteiger partial charge on any atom is -0.0144 e. The summed E-state index contributed by atoms with van der Waals surface area (Å²) < 4.78 is 0. The van der Waals surface area contributed by atoms with Gasteiger partial charge in [0.15, 0.2) is 0 Å². The molecule has 0 saturated heterocycles. The van der Waals surface area contributed by atoms with Crippen LogP contribution in [0.4, 0.5) is 0 Å². The van der Waals surface area contributed by atoms with Gasteiger partial charge in [-0.1, -0.05) is 30.4 Å². The Hall–Kier alpha value is -0.780. The summed E-state index contributed by atoms with van der Waals surface area (Å²) in [4.78, 5) is 0. The third-order valence-electron chi connectivity index (χ3n) is 1.41. The molecule has 0 aromatic heterocycles. The van der Waals surface area contributed by atoms with E-state index in [0.717, 1.165) is 12.8 Å². The molecule has 11 heavy (non-hydrogen) atoms. The van der Waals surface area contributed by atoms with E-state index in [1.807, 2.05) is 13.0 Å². The Bertz CT molecular complexity index is 140. The third kappa shape index (κ3) is 9.22. The average Bonchev–Trinajstić information content (AvgIpc) is 1.96. The van der Waals surface area contributed by atoms with Crippen LogP contribution >= 0.6 is 0 Å². The van der Waals surface area contributed by atoms with E-state index in [-0.39, 0.29) is 0 Å². The fourth-order valence-corrected chi connectivity index (χ4v) is 0.782. The minimum absolute atomic E-state index is 1.02. The predicted molar refractivity (Wildman–Crippen MR) is 52.6 cm³/mol. The summed E-state index contributed by atoms with van der Waals surface area (Å²) in [7, 11) is 0. The molecular weight excluding hydrogens is 132 g/mol. The zero-order valence-corrected chi connectivity index (χ0v) is 7.47. The highest BCUT2D eigenvalue weighted by Gasteiger charge is 1.80. The van der Waals surface area contributed by atoms with Gasteiger partial charge in [-0.25, -0.2) is 0 Å². The van der Waals surface area contributed by atoms with E-state index in [1.54, 1.807) is 0 Å². The lowest BCUT2D eigenvalue weighted by atomic mass is 10.2. The van der Waals surface area contributed by atoms with Crippen molar-refractivity contribution in [2.24, 2.45) is 0 Å². The summed E-state index contributed by atoms with van der Waals surface area (Å²) in [6, 6.07) is 0. The van der Waals surface area contributed by atoms with Crippen LogP contribution in [0.5, 0.6) is 0 Å². The fraction of sp³-hybridized carbons (Fsp3) is 0.455. The summed E-state index contributed by atoms with van der Waals surface area (Å²) in [5.74, 6) is 0. The van der Waals surface area contributed by atoms with E-state index >= 15 is 0 Å². The highest BCUT2D eigenvalue weighted by Crippen LogP contribution is 2.00. The van der Waals surface area contributed by atoms with Gasteiger partial charge in [-0.2, -0.15) is 0 Å². The van der Waals surface area contributed by atoms with Crippen molar-refractivity contribution in [2.75, 3.05) is 0 Å². The molecule has 0 aromatic rings. The molecule has 0 aliphatic carbocycles. The van der Waals surface area contributed by atoms with E-state index < -0.39 is 0 Å². The minimum Gasteiger partial charge on any atom is -0.103 e. The Morgan fingerprint density at radius 1 is 1.27 bits per heavy atom. The van der Waals surface area contributed by atoms with Crippen molar-refractivity contribution in [3.63, 3.8) is 0 Å². The second-order valence-corrected chi connectivity index (χ2v) is 2.85. The highest BCUT2D eigenvalue weighted by molar-refractivity contribution is 4.98. The molecule has 0 saturated carbocycles. The fourth-order valence-electron chi connectivity index (χ4n) is 0.782. The number of hydrogen-bond acceptors (Lipinski definition) is 0. The summed E-state index contributed by atoms with van der Waals surface area (Å²) in [6.45, 7) is 9.54. The lowest BCUT2D eigenvalue weighted by Gasteiger charge is -1.90. The van der Waals surface area contributed by atoms with Crippen molar-refractivity contribution < 1.29 is 0 Å². The minimum atomic E-state index is 1.02. The van der Waals surface area contributed by atoms with Gasteiger partial charge in [0, 0.05) is 0 Å². The number of rotatable bonds is 6. The first kappa shape index (κ1) is 10.2. The first-order valence-electron chi connectivity index (χ1n) is 4.17. The number of hydrogen-bond donors (Lipinski definition) is 0. The predicted octanol–water partition coefficient (Wildman–Crippen LogP) is 3.87. The molecule has 0 heteroatoms. The Labute approximate surface area is 70.3 Å². The van der Waals surface area contributed by atoms with Crippen LogP contribution in [0, 0.1) is 0 Å². The van der Waals surface area contributed by atoms with Crippen LogP contribution in [0.25, 0.3) is 0 Å². The van der Waals surface area contributed by atoms with Gasteiger partial charge in [-0.3, -0.25) is 0 Å². The van der Waals surface area contributed by atoms with Crippen LogP contribution in [0.2, 0.25) is 0 Å². The van der Waals surface area contributed by atoms with Crippen LogP contribution in [0.15, 0.2) is 37.0 Å². The number of unbranched alkanes of at least 4 members (excludes halogenated alkanes) is 2. The molecule has 0 radical (unpaired) electrons. The SMILES string of the molecule is C=CCCC/C=C/CC(=C)C. The van der Waals surface area contributed by atoms with E-state index in [2.05, 4.69) is 25.3 Å². The Morgan fingerprint density at radius 3 is 2.55 bits per heavy atom. The van der Waals surface area contributed by atoms with Crippen molar-refractivity contribution >= 4 is 0 Å². The normalized spacial score (nSPS) is 10.3. The molecule has 0 N–H and O–H groups in total. The molecule has 0 unspecified atom stereocenters. The van der Waals surface area contributed by atoms with Gasteiger partial charge in [-0.05, 0) is 32.6 Å². The summed E-state index contributed by atoms with van der Waals surface area (Å²) in [5.41, 5.74) is 1.23. The smallest absolute Gasteiger partial charge is 0.0144 e. The molecule has 0 nitrogen and oxygen atoms in total. The van der Waals surface area contributed by atoms with E-state index in [1.165, 1.54) is 18.4 Å². The average molecular weight is 150 g/mol. The van der Waals surface area contributed by atoms with Crippen molar-refractivity contribution in [2.45, 2.75) is 32.6 Å². The summed E-state index contributed by atoms with van der Waals surface area (Å²) >= 11 is 0. The molecule has 0 aliphatic rings. The highest BCUT2D eigenvalue weighted by atomic mass is 13.9. The van der Waals surface area contributed by atoms with Gasteiger partial charge >= 0.3 is 0 Å². The van der Waals surface area contributed by atoms with Crippen molar-refractivity contribution in [1.29, 1.82) is 0 Å². The molecule has 0 bridgehead atoms. The van der Waals surface area contributed by atoms with Crippen LogP contribution in [0.1, 0.15) is 32.6 Å². The van der Waals surface area contributed by atoms with Crippen LogP contribution in [0.3, 0.4) is 0 Å². The van der Waals surface area contributed by atoms with Crippen LogP contribution < -0.4 is 0 Å². The number of allylic oxidation sites excluding steroid dienone is 4. The van der Waals surface area contributed by atoms with Gasteiger partial charge < -0.3 is 0 Å². The van der Waals surface area contributed by atoms with Crippen LogP contribution in [-0.2, 0) is 0 Å². The lowest BCUT2D eigenvalue weighted by Crippen LogP contribution is -1.70. The zero-order valence-electron chi connectivity index (χ0n) is 7.47. The third-order valence-corrected chi connectivity index (χ3v) is 1.41. The molecule has 0 spiro atoms. The molecule has 0 aliphatic heterocycles. The van der Waals surface area contributed by atoms with Gasteiger partial charge in [-0.15, -0.1) is 6.58 Å². The summed E-state index contributed by atoms with van der Waals surface area (Å²) in [5, 5.41) is 0. The maximum atomic E-state index is 3.82. The summed E-state index contributed by atoms with van der Waals surface area (Å²) in [6.07, 6.45) is 10.9. The van der Waals surface area contributed by atoms with E-state index in [4.69, 9.17) is 0 Å². The molecule has 62 valence electrons. The molecule has 0 fully saturated rings. The molecule has 0 amide bonds. The molecule has 0 atom stereocenters. The van der Waals surface area contributed by atoms with Crippen molar-refractivity contribution in [3.05, 3.63) is 37.0 Å². The van der Waals surface area contributed by atoms with Gasteiger partial charge in [0.2, 0.25) is 0 Å². The molecule has 0 rings (SSSR count). The zero-order chi connectivity index (χ0) is 8.53. The monoisotopic (exact) mass is 150 g/mol. The first-order chi connectivity index (χ1) is 5.27. The molecule has 0 aromatic carbocycles. The Balaban J connectivity index is 3.16. The van der Waals surface area contributed by atoms with Crippen molar-refractivity contribution in [1.82, 2.24) is 0 Å². The standard InChI is InChI=1S/C11H18/c1-4-5-6-7-8-9-10-11(2)3/h4,8-9H,1-2,5-7,10H2,3H3/b9-8+. The van der Waals surface area contributed by atoms with E-state index in [0.29, 0.717) is 0 Å².